The van der Waals surface area contributed by atoms with Gasteiger partial charge in [-0.25, -0.2) is 4.79 Å². The number of phenolic OH excluding ortho intramolecular Hbond substituents is 1. The molecule has 160 valence electrons. The Kier molecular flexibility index (Phi) is 6.46. The number of esters is 1. The predicted molar refractivity (Wildman–Crippen MR) is 123 cm³/mol. The Labute approximate surface area is 186 Å². The number of hydrogen-bond acceptors (Lipinski definition) is 4. The molecule has 0 saturated heterocycles. The van der Waals surface area contributed by atoms with E-state index in [9.17, 15) is 14.7 Å². The van der Waals surface area contributed by atoms with Crippen molar-refractivity contribution in [2.75, 3.05) is 0 Å². The molecule has 0 aliphatic carbocycles. The van der Waals surface area contributed by atoms with E-state index in [1.165, 1.54) is 0 Å². The van der Waals surface area contributed by atoms with Crippen molar-refractivity contribution < 1.29 is 19.4 Å². The first-order chi connectivity index (χ1) is 15.6. The third kappa shape index (κ3) is 5.13. The summed E-state index contributed by atoms with van der Waals surface area (Å²) in [5, 5.41) is 15.0. The van der Waals surface area contributed by atoms with E-state index in [0.29, 0.717) is 17.5 Å². The molecule has 4 rings (SSSR count). The summed E-state index contributed by atoms with van der Waals surface area (Å²) in [6, 6.07) is 28.4. The van der Waals surface area contributed by atoms with Crippen LogP contribution in [0.4, 0.5) is 0 Å². The maximum Gasteiger partial charge on any atom is 0.329 e. The van der Waals surface area contributed by atoms with Crippen LogP contribution >= 0.6 is 0 Å². The van der Waals surface area contributed by atoms with Gasteiger partial charge in [0, 0.05) is 17.5 Å². The van der Waals surface area contributed by atoms with Gasteiger partial charge in [0.2, 0.25) is 0 Å². The minimum atomic E-state index is -0.868. The maximum atomic E-state index is 12.9. The summed E-state index contributed by atoms with van der Waals surface area (Å²) in [5.41, 5.74) is 1.87. The maximum absolute atomic E-state index is 12.9. The lowest BCUT2D eigenvalue weighted by molar-refractivity contribution is -0.147. The SMILES string of the molecule is O=C(NC(Cc1ccccc1)C(=O)OCc1cc2ccccc2cc1O)c1ccccc1. The van der Waals surface area contributed by atoms with Gasteiger partial charge in [0.25, 0.3) is 5.91 Å². The molecule has 1 atom stereocenters. The topological polar surface area (TPSA) is 75.6 Å². The summed E-state index contributed by atoms with van der Waals surface area (Å²) in [4.78, 5) is 25.6. The molecule has 0 bridgehead atoms. The lowest BCUT2D eigenvalue weighted by atomic mass is 10.0. The van der Waals surface area contributed by atoms with E-state index in [4.69, 9.17) is 4.74 Å². The fourth-order valence-electron chi connectivity index (χ4n) is 3.51. The van der Waals surface area contributed by atoms with Crippen molar-refractivity contribution in [3.8, 4) is 5.75 Å². The number of hydrogen-bond donors (Lipinski definition) is 2. The normalized spacial score (nSPS) is 11.6. The van der Waals surface area contributed by atoms with Gasteiger partial charge in [-0.3, -0.25) is 4.79 Å². The average molecular weight is 425 g/mol. The summed E-state index contributed by atoms with van der Waals surface area (Å²) in [5.74, 6) is -0.854. The van der Waals surface area contributed by atoms with Gasteiger partial charge in [-0.2, -0.15) is 0 Å². The van der Waals surface area contributed by atoms with E-state index >= 15 is 0 Å². The zero-order chi connectivity index (χ0) is 22.3. The Bertz CT molecular complexity index is 1220. The Morgan fingerprint density at radius 3 is 2.09 bits per heavy atom. The molecule has 0 spiro atoms. The quantitative estimate of drug-likeness (QED) is 0.423. The molecule has 2 N–H and O–H groups in total. The van der Waals surface area contributed by atoms with Gasteiger partial charge < -0.3 is 15.2 Å². The smallest absolute Gasteiger partial charge is 0.329 e. The molecule has 0 aliphatic rings. The number of benzene rings is 4. The van der Waals surface area contributed by atoms with Crippen LogP contribution in [-0.2, 0) is 22.6 Å². The van der Waals surface area contributed by atoms with Crippen LogP contribution in [0, 0.1) is 0 Å². The lowest BCUT2D eigenvalue weighted by Gasteiger charge is -2.18. The second-order valence-electron chi connectivity index (χ2n) is 7.52. The van der Waals surface area contributed by atoms with Crippen LogP contribution in [-0.4, -0.2) is 23.0 Å². The number of aromatic hydroxyl groups is 1. The third-order valence-corrected chi connectivity index (χ3v) is 5.23. The summed E-state index contributed by atoms with van der Waals surface area (Å²) in [6.07, 6.45) is 0.294. The van der Waals surface area contributed by atoms with E-state index < -0.39 is 12.0 Å². The summed E-state index contributed by atoms with van der Waals surface area (Å²) >= 11 is 0. The van der Waals surface area contributed by atoms with Gasteiger partial charge in [-0.1, -0.05) is 72.8 Å². The van der Waals surface area contributed by atoms with E-state index in [1.54, 1.807) is 36.4 Å². The first-order valence-electron chi connectivity index (χ1n) is 10.4. The van der Waals surface area contributed by atoms with Crippen LogP contribution < -0.4 is 5.32 Å². The van der Waals surface area contributed by atoms with E-state index in [0.717, 1.165) is 16.3 Å². The molecule has 0 heterocycles. The second kappa shape index (κ2) is 9.79. The predicted octanol–water partition coefficient (Wildman–Crippen LogP) is 4.63. The van der Waals surface area contributed by atoms with Gasteiger partial charge in [0.05, 0.1) is 0 Å². The molecular weight excluding hydrogens is 402 g/mol. The molecule has 0 saturated carbocycles. The van der Waals surface area contributed by atoms with Crippen molar-refractivity contribution in [3.63, 3.8) is 0 Å². The molecule has 1 amide bonds. The summed E-state index contributed by atoms with van der Waals surface area (Å²) in [7, 11) is 0. The van der Waals surface area contributed by atoms with Crippen molar-refractivity contribution in [1.29, 1.82) is 0 Å². The van der Waals surface area contributed by atoms with E-state index in [2.05, 4.69) is 5.32 Å². The average Bonchev–Trinajstić information content (AvgIpc) is 2.83. The Hall–Kier alpha value is -4.12. The number of phenols is 1. The summed E-state index contributed by atoms with van der Waals surface area (Å²) < 4.78 is 5.52. The molecule has 4 aromatic rings. The highest BCUT2D eigenvalue weighted by molar-refractivity contribution is 5.96. The largest absolute Gasteiger partial charge is 0.508 e. The van der Waals surface area contributed by atoms with Crippen LogP contribution in [0.15, 0.2) is 97.1 Å². The number of carbonyl (C=O) groups is 2. The van der Waals surface area contributed by atoms with Crippen LogP contribution in [0.1, 0.15) is 21.5 Å². The number of nitrogens with one attached hydrogen (secondary N) is 1. The Morgan fingerprint density at radius 1 is 0.812 bits per heavy atom. The van der Waals surface area contributed by atoms with Gasteiger partial charge >= 0.3 is 5.97 Å². The lowest BCUT2D eigenvalue weighted by Crippen LogP contribution is -2.43. The summed E-state index contributed by atoms with van der Waals surface area (Å²) in [6.45, 7) is -0.0952. The molecule has 4 aromatic carbocycles. The zero-order valence-electron chi connectivity index (χ0n) is 17.4. The number of amides is 1. The van der Waals surface area contributed by atoms with Crippen LogP contribution in [0.25, 0.3) is 10.8 Å². The minimum Gasteiger partial charge on any atom is -0.508 e. The van der Waals surface area contributed by atoms with Gasteiger partial charge in [0.15, 0.2) is 0 Å². The molecule has 32 heavy (non-hydrogen) atoms. The molecule has 0 aliphatic heterocycles. The highest BCUT2D eigenvalue weighted by Gasteiger charge is 2.24. The number of rotatable bonds is 7. The van der Waals surface area contributed by atoms with Crippen molar-refractivity contribution in [1.82, 2.24) is 5.32 Å². The number of fused-ring (bicyclic) bond motifs is 1. The van der Waals surface area contributed by atoms with E-state index in [1.807, 2.05) is 60.7 Å². The van der Waals surface area contributed by atoms with Crippen molar-refractivity contribution in [2.24, 2.45) is 0 Å². The highest BCUT2D eigenvalue weighted by atomic mass is 16.5. The second-order valence-corrected chi connectivity index (χ2v) is 7.52. The Morgan fingerprint density at radius 2 is 1.41 bits per heavy atom. The van der Waals surface area contributed by atoms with Crippen LogP contribution in [0.3, 0.4) is 0 Å². The molecule has 0 fully saturated rings. The van der Waals surface area contributed by atoms with Crippen molar-refractivity contribution in [2.45, 2.75) is 19.1 Å². The first kappa shape index (κ1) is 21.1. The fourth-order valence-corrected chi connectivity index (χ4v) is 3.51. The molecule has 5 nitrogen and oxygen atoms in total. The third-order valence-electron chi connectivity index (χ3n) is 5.23. The zero-order valence-corrected chi connectivity index (χ0v) is 17.4. The first-order valence-corrected chi connectivity index (χ1v) is 10.4. The molecular formula is C27H23NO4. The molecule has 0 aromatic heterocycles. The van der Waals surface area contributed by atoms with Crippen LogP contribution in [0.5, 0.6) is 5.75 Å². The minimum absolute atomic E-state index is 0.0597. The van der Waals surface area contributed by atoms with Crippen LogP contribution in [0.2, 0.25) is 0 Å². The highest BCUT2D eigenvalue weighted by Crippen LogP contribution is 2.25. The van der Waals surface area contributed by atoms with E-state index in [-0.39, 0.29) is 18.3 Å². The van der Waals surface area contributed by atoms with Crippen molar-refractivity contribution in [3.05, 3.63) is 114 Å². The van der Waals surface area contributed by atoms with Gasteiger partial charge in [-0.15, -0.1) is 0 Å². The molecule has 5 heteroatoms. The molecule has 0 radical (unpaired) electrons. The number of ether oxygens (including phenoxy) is 1. The fraction of sp³-hybridized carbons (Fsp3) is 0.111. The standard InChI is InChI=1S/C27H23NO4/c29-25-17-22-14-8-7-13-21(22)16-23(25)18-32-27(31)24(15-19-9-3-1-4-10-19)28-26(30)20-11-5-2-6-12-20/h1-14,16-17,24,29H,15,18H2,(H,28,30). The van der Waals surface area contributed by atoms with Crippen molar-refractivity contribution >= 4 is 22.6 Å². The molecule has 1 unspecified atom stereocenters. The monoisotopic (exact) mass is 425 g/mol. The number of carbonyl (C=O) groups excluding carboxylic acids is 2. The van der Waals surface area contributed by atoms with Gasteiger partial charge in [-0.05, 0) is 40.6 Å². The Balaban J connectivity index is 1.50. The van der Waals surface area contributed by atoms with Gasteiger partial charge in [0.1, 0.15) is 18.4 Å².